The number of carbonyl (C=O) groups is 2. The van der Waals surface area contributed by atoms with Crippen molar-refractivity contribution in [3.63, 3.8) is 0 Å². The van der Waals surface area contributed by atoms with Gasteiger partial charge in [-0.2, -0.15) is 0 Å². The van der Waals surface area contributed by atoms with Crippen molar-refractivity contribution in [2.45, 2.75) is 0 Å². The number of hydrogen-bond donors (Lipinski definition) is 1. The average molecular weight is 347 g/mol. The van der Waals surface area contributed by atoms with Crippen LogP contribution in [-0.2, 0) is 9.59 Å². The first kappa shape index (κ1) is 15.6. The third-order valence-corrected chi connectivity index (χ3v) is 4.26. The van der Waals surface area contributed by atoms with Crippen molar-refractivity contribution in [1.29, 1.82) is 0 Å². The first-order valence-corrected chi connectivity index (χ1v) is 7.64. The van der Waals surface area contributed by atoms with E-state index in [4.69, 9.17) is 23.2 Å². The van der Waals surface area contributed by atoms with Crippen LogP contribution < -0.4 is 10.2 Å². The SMILES string of the molecule is O=C1CN(C(=O)/C=C/c2cccc(Cl)c2Cl)c2ccccc2N1. The maximum absolute atomic E-state index is 12.5. The predicted molar refractivity (Wildman–Crippen MR) is 92.9 cm³/mol. The molecule has 2 amide bonds. The fourth-order valence-corrected chi connectivity index (χ4v) is 2.70. The highest BCUT2D eigenvalue weighted by atomic mass is 35.5. The minimum Gasteiger partial charge on any atom is -0.323 e. The van der Waals surface area contributed by atoms with Crippen molar-refractivity contribution in [2.24, 2.45) is 0 Å². The summed E-state index contributed by atoms with van der Waals surface area (Å²) in [5.41, 5.74) is 1.92. The van der Waals surface area contributed by atoms with Crippen LogP contribution in [0.1, 0.15) is 5.56 Å². The van der Waals surface area contributed by atoms with E-state index >= 15 is 0 Å². The van der Waals surface area contributed by atoms with Gasteiger partial charge >= 0.3 is 0 Å². The van der Waals surface area contributed by atoms with Crippen molar-refractivity contribution < 1.29 is 9.59 Å². The Morgan fingerprint density at radius 1 is 1.13 bits per heavy atom. The molecule has 0 atom stereocenters. The number of halogens is 2. The van der Waals surface area contributed by atoms with E-state index in [2.05, 4.69) is 5.32 Å². The molecule has 3 rings (SSSR count). The van der Waals surface area contributed by atoms with E-state index in [-0.39, 0.29) is 18.4 Å². The molecule has 0 spiro atoms. The van der Waals surface area contributed by atoms with Gasteiger partial charge in [0.1, 0.15) is 6.54 Å². The molecule has 1 aliphatic rings. The van der Waals surface area contributed by atoms with Crippen LogP contribution in [-0.4, -0.2) is 18.4 Å². The van der Waals surface area contributed by atoms with Gasteiger partial charge in [0.15, 0.2) is 0 Å². The minimum atomic E-state index is -0.302. The molecule has 0 aliphatic carbocycles. The summed E-state index contributed by atoms with van der Waals surface area (Å²) in [4.78, 5) is 25.6. The lowest BCUT2D eigenvalue weighted by atomic mass is 10.1. The van der Waals surface area contributed by atoms with Crippen molar-refractivity contribution in [3.8, 4) is 0 Å². The molecule has 116 valence electrons. The van der Waals surface area contributed by atoms with Crippen molar-refractivity contribution >= 4 is 52.5 Å². The van der Waals surface area contributed by atoms with Crippen LogP contribution in [0.3, 0.4) is 0 Å². The van der Waals surface area contributed by atoms with Gasteiger partial charge in [-0.05, 0) is 29.8 Å². The molecule has 0 unspecified atom stereocenters. The average Bonchev–Trinajstić information content (AvgIpc) is 2.55. The molecule has 1 heterocycles. The largest absolute Gasteiger partial charge is 0.323 e. The Kier molecular flexibility index (Phi) is 4.37. The fraction of sp³-hybridized carbons (Fsp3) is 0.0588. The normalized spacial score (nSPS) is 13.8. The lowest BCUT2D eigenvalue weighted by Crippen LogP contribution is -2.41. The van der Waals surface area contributed by atoms with Gasteiger partial charge in [-0.1, -0.05) is 47.5 Å². The Labute approximate surface area is 143 Å². The second-order valence-corrected chi connectivity index (χ2v) is 5.75. The number of carbonyl (C=O) groups excluding carboxylic acids is 2. The summed E-state index contributed by atoms with van der Waals surface area (Å²) < 4.78 is 0. The van der Waals surface area contributed by atoms with Crippen LogP contribution in [0.4, 0.5) is 11.4 Å². The molecule has 2 aromatic rings. The number of nitrogens with zero attached hydrogens (tertiary/aromatic N) is 1. The lowest BCUT2D eigenvalue weighted by molar-refractivity contribution is -0.119. The molecule has 1 aliphatic heterocycles. The van der Waals surface area contributed by atoms with Gasteiger partial charge in [0, 0.05) is 6.08 Å². The number of rotatable bonds is 2. The van der Waals surface area contributed by atoms with E-state index in [9.17, 15) is 9.59 Å². The summed E-state index contributed by atoms with van der Waals surface area (Å²) in [6.45, 7) is -0.0243. The van der Waals surface area contributed by atoms with Gasteiger partial charge in [0.05, 0.1) is 21.4 Å². The summed E-state index contributed by atoms with van der Waals surface area (Å²) in [6.07, 6.45) is 2.97. The maximum Gasteiger partial charge on any atom is 0.251 e. The van der Waals surface area contributed by atoms with Crippen LogP contribution in [0.15, 0.2) is 48.5 Å². The number of amides is 2. The van der Waals surface area contributed by atoms with Crippen LogP contribution in [0.25, 0.3) is 6.08 Å². The zero-order valence-corrected chi connectivity index (χ0v) is 13.4. The molecule has 0 aromatic heterocycles. The summed E-state index contributed by atoms with van der Waals surface area (Å²) in [6, 6.07) is 12.3. The number of anilines is 2. The van der Waals surface area contributed by atoms with E-state index in [1.54, 1.807) is 42.5 Å². The van der Waals surface area contributed by atoms with E-state index in [0.717, 1.165) is 0 Å². The van der Waals surface area contributed by atoms with Gasteiger partial charge < -0.3 is 5.32 Å². The van der Waals surface area contributed by atoms with Gasteiger partial charge in [0.2, 0.25) is 5.91 Å². The molecule has 0 fully saturated rings. The molecule has 23 heavy (non-hydrogen) atoms. The smallest absolute Gasteiger partial charge is 0.251 e. The molecule has 0 bridgehead atoms. The molecule has 0 saturated heterocycles. The molecule has 0 saturated carbocycles. The zero-order chi connectivity index (χ0) is 16.4. The number of nitrogens with one attached hydrogen (secondary N) is 1. The third-order valence-electron chi connectivity index (χ3n) is 3.42. The lowest BCUT2D eigenvalue weighted by Gasteiger charge is -2.28. The number of hydrogen-bond acceptors (Lipinski definition) is 2. The Bertz CT molecular complexity index is 818. The van der Waals surface area contributed by atoms with Crippen LogP contribution in [0, 0.1) is 0 Å². The summed E-state index contributed by atoms with van der Waals surface area (Å²) in [5, 5.41) is 3.54. The van der Waals surface area contributed by atoms with Crippen molar-refractivity contribution in [2.75, 3.05) is 16.8 Å². The number of fused-ring (bicyclic) bond motifs is 1. The monoisotopic (exact) mass is 346 g/mol. The topological polar surface area (TPSA) is 49.4 Å². The summed E-state index contributed by atoms with van der Waals surface area (Å²) >= 11 is 12.0. The second kappa shape index (κ2) is 6.44. The molecule has 2 aromatic carbocycles. The Morgan fingerprint density at radius 3 is 2.74 bits per heavy atom. The Hall–Kier alpha value is -2.30. The Balaban J connectivity index is 1.88. The molecule has 1 N–H and O–H groups in total. The van der Waals surface area contributed by atoms with E-state index in [1.165, 1.54) is 11.0 Å². The molecular weight excluding hydrogens is 335 g/mol. The first-order chi connectivity index (χ1) is 11.1. The highest BCUT2D eigenvalue weighted by Crippen LogP contribution is 2.30. The summed E-state index contributed by atoms with van der Waals surface area (Å²) in [7, 11) is 0. The van der Waals surface area contributed by atoms with E-state index in [1.807, 2.05) is 6.07 Å². The van der Waals surface area contributed by atoms with Crippen LogP contribution >= 0.6 is 23.2 Å². The molecule has 6 heteroatoms. The second-order valence-electron chi connectivity index (χ2n) is 4.97. The van der Waals surface area contributed by atoms with Crippen LogP contribution in [0.5, 0.6) is 0 Å². The molecule has 0 radical (unpaired) electrons. The van der Waals surface area contributed by atoms with Gasteiger partial charge in [-0.3, -0.25) is 14.5 Å². The van der Waals surface area contributed by atoms with E-state index < -0.39 is 0 Å². The van der Waals surface area contributed by atoms with Crippen LogP contribution in [0.2, 0.25) is 10.0 Å². The van der Waals surface area contributed by atoms with Gasteiger partial charge in [0.25, 0.3) is 5.91 Å². The van der Waals surface area contributed by atoms with Crippen molar-refractivity contribution in [3.05, 3.63) is 64.1 Å². The van der Waals surface area contributed by atoms with E-state index in [0.29, 0.717) is 27.0 Å². The highest BCUT2D eigenvalue weighted by Gasteiger charge is 2.25. The quantitative estimate of drug-likeness (QED) is 0.835. The third kappa shape index (κ3) is 3.23. The van der Waals surface area contributed by atoms with Gasteiger partial charge in [-0.25, -0.2) is 0 Å². The predicted octanol–water partition coefficient (Wildman–Crippen LogP) is 3.99. The number of para-hydroxylation sites is 2. The summed E-state index contributed by atoms with van der Waals surface area (Å²) in [5.74, 6) is -0.533. The number of benzene rings is 2. The zero-order valence-electron chi connectivity index (χ0n) is 11.9. The minimum absolute atomic E-state index is 0.0243. The first-order valence-electron chi connectivity index (χ1n) is 6.89. The van der Waals surface area contributed by atoms with Crippen molar-refractivity contribution in [1.82, 2.24) is 0 Å². The maximum atomic E-state index is 12.5. The van der Waals surface area contributed by atoms with Gasteiger partial charge in [-0.15, -0.1) is 0 Å². The molecular formula is C17H12Cl2N2O2. The standard InChI is InChI=1S/C17H12Cl2N2O2/c18-12-5-3-4-11(17(12)19)8-9-16(23)21-10-15(22)20-13-6-1-2-7-14(13)21/h1-9H,10H2,(H,20,22)/b9-8+. The Morgan fingerprint density at radius 2 is 1.91 bits per heavy atom. The fourth-order valence-electron chi connectivity index (χ4n) is 2.33. The molecule has 4 nitrogen and oxygen atoms in total. The highest BCUT2D eigenvalue weighted by molar-refractivity contribution is 6.42.